The minimum Gasteiger partial charge on any atom is -0.378 e. The van der Waals surface area contributed by atoms with E-state index in [1.165, 1.54) is 6.07 Å². The Morgan fingerprint density at radius 3 is 2.65 bits per heavy atom. The van der Waals surface area contributed by atoms with Gasteiger partial charge in [-0.3, -0.25) is 0 Å². The first-order chi connectivity index (χ1) is 8.06. The molecule has 1 aromatic heterocycles. The molecule has 2 rings (SSSR count). The first kappa shape index (κ1) is 11.6. The Balaban J connectivity index is 2.04. The lowest BCUT2D eigenvalue weighted by molar-refractivity contribution is 0.618. The summed E-state index contributed by atoms with van der Waals surface area (Å²) in [5, 5.41) is 3.21. The smallest absolute Gasteiger partial charge is 0.126 e. The lowest BCUT2D eigenvalue weighted by Crippen LogP contribution is -2.01. The lowest BCUT2D eigenvalue weighted by Gasteiger charge is -2.05. The first-order valence-corrected chi connectivity index (χ1v) is 5.58. The van der Waals surface area contributed by atoms with E-state index in [9.17, 15) is 4.39 Å². The summed E-state index contributed by atoms with van der Waals surface area (Å²) >= 11 is 0. The summed E-state index contributed by atoms with van der Waals surface area (Å²) in [6.07, 6.45) is 0. The van der Waals surface area contributed by atoms with Crippen molar-refractivity contribution >= 4 is 5.69 Å². The molecule has 4 heteroatoms. The molecule has 17 heavy (non-hydrogen) atoms. The highest BCUT2D eigenvalue weighted by molar-refractivity contribution is 5.45. The van der Waals surface area contributed by atoms with Crippen molar-refractivity contribution in [2.75, 3.05) is 5.32 Å². The van der Waals surface area contributed by atoms with Gasteiger partial charge in [-0.25, -0.2) is 9.37 Å². The molecule has 0 aliphatic carbocycles. The van der Waals surface area contributed by atoms with Crippen LogP contribution in [0.4, 0.5) is 10.1 Å². The predicted octanol–water partition coefficient (Wildman–Crippen LogP) is 3.09. The number of nitrogens with zero attached hydrogens (tertiary/aromatic N) is 1. The number of hydrogen-bond acceptors (Lipinski definition) is 2. The molecule has 2 aromatic rings. The molecule has 2 N–H and O–H groups in total. The maximum Gasteiger partial charge on any atom is 0.126 e. The number of rotatable bonds is 3. The normalized spacial score (nSPS) is 10.6. The minimum absolute atomic E-state index is 0.180. The first-order valence-electron chi connectivity index (χ1n) is 5.58. The highest BCUT2D eigenvalue weighted by Crippen LogP contribution is 2.14. The van der Waals surface area contributed by atoms with Crippen LogP contribution in [0.3, 0.4) is 0 Å². The molecule has 1 heterocycles. The number of aryl methyl sites for hydroxylation is 3. The Morgan fingerprint density at radius 1 is 1.29 bits per heavy atom. The Kier molecular flexibility index (Phi) is 3.13. The molecule has 0 aliphatic heterocycles. The summed E-state index contributed by atoms with van der Waals surface area (Å²) in [7, 11) is 0. The minimum atomic E-state index is -0.180. The van der Waals surface area contributed by atoms with Crippen molar-refractivity contribution in [2.45, 2.75) is 27.3 Å². The molecule has 0 amide bonds. The summed E-state index contributed by atoms with van der Waals surface area (Å²) in [6, 6.07) is 4.99. The maximum atomic E-state index is 13.1. The van der Waals surface area contributed by atoms with Crippen LogP contribution in [0.2, 0.25) is 0 Å². The fourth-order valence-corrected chi connectivity index (χ4v) is 1.65. The van der Waals surface area contributed by atoms with Gasteiger partial charge in [0, 0.05) is 11.4 Å². The van der Waals surface area contributed by atoms with Crippen LogP contribution < -0.4 is 5.32 Å². The largest absolute Gasteiger partial charge is 0.378 e. The number of nitrogens with one attached hydrogen (secondary N) is 2. The van der Waals surface area contributed by atoms with E-state index in [2.05, 4.69) is 15.3 Å². The van der Waals surface area contributed by atoms with Gasteiger partial charge in [0.05, 0.1) is 12.2 Å². The molecule has 0 aliphatic rings. The van der Waals surface area contributed by atoms with Crippen molar-refractivity contribution in [1.29, 1.82) is 0 Å². The summed E-state index contributed by atoms with van der Waals surface area (Å²) in [6.45, 7) is 6.33. The van der Waals surface area contributed by atoms with Gasteiger partial charge in [-0.05, 0) is 44.5 Å². The number of benzene rings is 1. The van der Waals surface area contributed by atoms with E-state index in [-0.39, 0.29) is 5.82 Å². The molecule has 0 radical (unpaired) electrons. The van der Waals surface area contributed by atoms with Crippen molar-refractivity contribution in [2.24, 2.45) is 0 Å². The molecule has 0 atom stereocenters. The monoisotopic (exact) mass is 233 g/mol. The van der Waals surface area contributed by atoms with Gasteiger partial charge < -0.3 is 10.3 Å². The van der Waals surface area contributed by atoms with Gasteiger partial charge in [-0.1, -0.05) is 0 Å². The zero-order valence-electron chi connectivity index (χ0n) is 10.3. The van der Waals surface area contributed by atoms with Crippen LogP contribution >= 0.6 is 0 Å². The van der Waals surface area contributed by atoms with E-state index in [0.717, 1.165) is 22.9 Å². The molecule has 0 saturated heterocycles. The average molecular weight is 233 g/mol. The highest BCUT2D eigenvalue weighted by atomic mass is 19.1. The summed E-state index contributed by atoms with van der Waals surface area (Å²) in [5.41, 5.74) is 3.63. The van der Waals surface area contributed by atoms with Gasteiger partial charge >= 0.3 is 0 Å². The fourth-order valence-electron chi connectivity index (χ4n) is 1.65. The molecule has 0 unspecified atom stereocenters. The quantitative estimate of drug-likeness (QED) is 0.855. The number of anilines is 1. The van der Waals surface area contributed by atoms with E-state index >= 15 is 0 Å². The number of hydrogen-bond donors (Lipinski definition) is 2. The van der Waals surface area contributed by atoms with Crippen LogP contribution in [0.15, 0.2) is 18.2 Å². The Hall–Kier alpha value is -1.84. The average Bonchev–Trinajstić information content (AvgIpc) is 2.60. The van der Waals surface area contributed by atoms with Crippen molar-refractivity contribution < 1.29 is 4.39 Å². The van der Waals surface area contributed by atoms with Gasteiger partial charge in [0.1, 0.15) is 11.6 Å². The van der Waals surface area contributed by atoms with Crippen LogP contribution in [-0.2, 0) is 6.54 Å². The molecular weight excluding hydrogens is 217 g/mol. The highest BCUT2D eigenvalue weighted by Gasteiger charge is 2.03. The van der Waals surface area contributed by atoms with Crippen molar-refractivity contribution in [1.82, 2.24) is 9.97 Å². The Labute approximate surface area is 100 Å². The summed E-state index contributed by atoms with van der Waals surface area (Å²) in [5.74, 6) is 0.710. The zero-order chi connectivity index (χ0) is 12.4. The molecule has 0 bridgehead atoms. The van der Waals surface area contributed by atoms with E-state index in [1.54, 1.807) is 19.1 Å². The van der Waals surface area contributed by atoms with Crippen LogP contribution in [0.1, 0.15) is 22.8 Å². The number of halogens is 1. The molecule has 1 aromatic carbocycles. The number of H-pyrrole nitrogens is 1. The zero-order valence-corrected chi connectivity index (χ0v) is 10.3. The molecule has 3 nitrogen and oxygen atoms in total. The van der Waals surface area contributed by atoms with Crippen molar-refractivity contribution in [3.8, 4) is 0 Å². The van der Waals surface area contributed by atoms with Gasteiger partial charge in [-0.15, -0.1) is 0 Å². The lowest BCUT2D eigenvalue weighted by atomic mass is 10.2. The van der Waals surface area contributed by atoms with Crippen LogP contribution in [0.25, 0.3) is 0 Å². The van der Waals surface area contributed by atoms with Gasteiger partial charge in [0.2, 0.25) is 0 Å². The van der Waals surface area contributed by atoms with E-state index in [0.29, 0.717) is 12.1 Å². The van der Waals surface area contributed by atoms with Crippen LogP contribution in [-0.4, -0.2) is 9.97 Å². The third-order valence-electron chi connectivity index (χ3n) is 2.80. The topological polar surface area (TPSA) is 40.7 Å². The van der Waals surface area contributed by atoms with E-state index in [4.69, 9.17) is 0 Å². The molecule has 0 saturated carbocycles. The van der Waals surface area contributed by atoms with Crippen LogP contribution in [0, 0.1) is 26.6 Å². The second-order valence-corrected chi connectivity index (χ2v) is 4.21. The predicted molar refractivity (Wildman–Crippen MR) is 66.5 cm³/mol. The third kappa shape index (κ3) is 2.64. The maximum absolute atomic E-state index is 13.1. The van der Waals surface area contributed by atoms with Crippen LogP contribution in [0.5, 0.6) is 0 Å². The number of imidazole rings is 1. The standard InChI is InChI=1S/C13H16FN3/c1-8-6-11(4-5-12(8)14)15-7-13-16-9(2)10(3)17-13/h4-6,15H,7H2,1-3H3,(H,16,17). The molecule has 0 fully saturated rings. The van der Waals surface area contributed by atoms with E-state index < -0.39 is 0 Å². The van der Waals surface area contributed by atoms with E-state index in [1.807, 2.05) is 13.8 Å². The summed E-state index contributed by atoms with van der Waals surface area (Å²) in [4.78, 5) is 7.57. The Bertz CT molecular complexity index is 512. The van der Waals surface area contributed by atoms with Gasteiger partial charge in [-0.2, -0.15) is 0 Å². The number of aromatic nitrogens is 2. The van der Waals surface area contributed by atoms with Crippen molar-refractivity contribution in [3.05, 3.63) is 46.8 Å². The van der Waals surface area contributed by atoms with Gasteiger partial charge in [0.15, 0.2) is 0 Å². The van der Waals surface area contributed by atoms with Gasteiger partial charge in [0.25, 0.3) is 0 Å². The summed E-state index contributed by atoms with van der Waals surface area (Å²) < 4.78 is 13.1. The SMILES string of the molecule is Cc1cc(NCc2nc(C)c(C)[nH]2)ccc1F. The van der Waals surface area contributed by atoms with Crippen molar-refractivity contribution in [3.63, 3.8) is 0 Å². The Morgan fingerprint density at radius 2 is 2.06 bits per heavy atom. The number of aromatic amines is 1. The third-order valence-corrected chi connectivity index (χ3v) is 2.80. The molecule has 90 valence electrons. The second-order valence-electron chi connectivity index (χ2n) is 4.21. The fraction of sp³-hybridized carbons (Fsp3) is 0.308. The molecular formula is C13H16FN3. The second kappa shape index (κ2) is 4.57. The molecule has 0 spiro atoms.